The highest BCUT2D eigenvalue weighted by Gasteiger charge is 2.31. The van der Waals surface area contributed by atoms with Crippen LogP contribution in [-0.4, -0.2) is 63.7 Å². The second-order valence-corrected chi connectivity index (χ2v) is 12.7. The Kier molecular flexibility index (Phi) is 8.64. The van der Waals surface area contributed by atoms with Crippen LogP contribution in [0.4, 0.5) is 0 Å². The van der Waals surface area contributed by atoms with Crippen molar-refractivity contribution in [3.63, 3.8) is 0 Å². The molecule has 1 atom stereocenters. The number of morpholine rings is 1. The van der Waals surface area contributed by atoms with Crippen molar-refractivity contribution in [1.82, 2.24) is 25.0 Å². The largest absolute Gasteiger partial charge is 0.457 e. The first-order valence-corrected chi connectivity index (χ1v) is 16.2. The molecule has 0 radical (unpaired) electrons. The van der Waals surface area contributed by atoms with Gasteiger partial charge in [-0.3, -0.25) is 14.7 Å². The quantitative estimate of drug-likeness (QED) is 0.182. The van der Waals surface area contributed by atoms with Gasteiger partial charge >= 0.3 is 0 Å². The third-order valence-corrected chi connectivity index (χ3v) is 9.25. The molecular weight excluding hydrogens is 582 g/mol. The van der Waals surface area contributed by atoms with Crippen molar-refractivity contribution in [2.24, 2.45) is 0 Å². The van der Waals surface area contributed by atoms with Gasteiger partial charge in [-0.2, -0.15) is 0 Å². The number of ether oxygens (including phenoxy) is 2. The molecule has 1 unspecified atom stereocenters. The lowest BCUT2D eigenvalue weighted by atomic mass is 9.98. The molecule has 0 aliphatic carbocycles. The molecule has 5 aromatic rings. The van der Waals surface area contributed by atoms with E-state index in [0.717, 1.165) is 70.9 Å². The number of amides is 1. The van der Waals surface area contributed by atoms with Crippen LogP contribution in [-0.2, 0) is 22.6 Å². The zero-order valence-electron chi connectivity index (χ0n) is 25.3. The fourth-order valence-electron chi connectivity index (χ4n) is 5.94. The molecule has 2 fully saturated rings. The molecule has 0 spiro atoms. The van der Waals surface area contributed by atoms with E-state index in [1.807, 2.05) is 66.4 Å². The molecule has 45 heavy (non-hydrogen) atoms. The molecule has 7 rings (SSSR count). The van der Waals surface area contributed by atoms with E-state index in [9.17, 15) is 4.79 Å². The predicted octanol–water partition coefficient (Wildman–Crippen LogP) is 6.72. The van der Waals surface area contributed by atoms with Crippen molar-refractivity contribution >= 4 is 17.2 Å². The lowest BCUT2D eigenvalue weighted by Gasteiger charge is -2.26. The topological polar surface area (TPSA) is 80.7 Å². The number of hydrogen-bond donors (Lipinski definition) is 0. The standard InChI is InChI=1S/C36H35N5O3S/c1-25-38-39-36(45-25)27-12-14-32(15-13-27)44-34-20-28(33-9-5-8-31(37-33)24-40-16-18-43-19-17-40)10-11-29(34)22-41-23-30(21-35(41)42)26-6-3-2-4-7-26/h2-15,20,30H,16-19,21-24H2,1H3. The van der Waals surface area contributed by atoms with Gasteiger partial charge in [0.25, 0.3) is 0 Å². The minimum absolute atomic E-state index is 0.160. The Labute approximate surface area is 267 Å². The van der Waals surface area contributed by atoms with Crippen LogP contribution >= 0.6 is 11.3 Å². The molecule has 3 aromatic carbocycles. The zero-order valence-corrected chi connectivity index (χ0v) is 26.1. The van der Waals surface area contributed by atoms with Crippen molar-refractivity contribution in [3.8, 4) is 33.3 Å². The van der Waals surface area contributed by atoms with Crippen molar-refractivity contribution in [3.05, 3.63) is 113 Å². The number of carbonyl (C=O) groups is 1. The van der Waals surface area contributed by atoms with E-state index < -0.39 is 0 Å². The Bertz CT molecular complexity index is 1770. The fraction of sp³-hybridized carbons (Fsp3) is 0.278. The molecule has 2 saturated heterocycles. The third-order valence-electron chi connectivity index (χ3n) is 8.36. The highest BCUT2D eigenvalue weighted by molar-refractivity contribution is 7.14. The number of carbonyl (C=O) groups excluding carboxylic acids is 1. The minimum atomic E-state index is 0.160. The van der Waals surface area contributed by atoms with Crippen LogP contribution in [0.3, 0.4) is 0 Å². The smallest absolute Gasteiger partial charge is 0.223 e. The zero-order chi connectivity index (χ0) is 30.6. The number of rotatable bonds is 9. The summed E-state index contributed by atoms with van der Waals surface area (Å²) in [5, 5.41) is 10.2. The van der Waals surface area contributed by atoms with Crippen LogP contribution in [0.5, 0.6) is 11.5 Å². The summed E-state index contributed by atoms with van der Waals surface area (Å²) < 4.78 is 12.1. The Balaban J connectivity index is 1.16. The summed E-state index contributed by atoms with van der Waals surface area (Å²) >= 11 is 1.56. The molecule has 2 aliphatic rings. The lowest BCUT2D eigenvalue weighted by molar-refractivity contribution is -0.128. The van der Waals surface area contributed by atoms with Crippen molar-refractivity contribution in [2.45, 2.75) is 32.4 Å². The summed E-state index contributed by atoms with van der Waals surface area (Å²) in [7, 11) is 0. The van der Waals surface area contributed by atoms with E-state index in [1.165, 1.54) is 5.56 Å². The number of likely N-dealkylation sites (tertiary alicyclic amines) is 1. The SMILES string of the molecule is Cc1nnc(-c2ccc(Oc3cc(-c4cccc(CN5CCOCC5)n4)ccc3CN3CC(c4ccccc4)CC3=O)cc2)s1. The Morgan fingerprint density at radius 2 is 1.69 bits per heavy atom. The van der Waals surface area contributed by atoms with Crippen LogP contribution in [0.25, 0.3) is 21.8 Å². The number of hydrogen-bond acceptors (Lipinski definition) is 8. The predicted molar refractivity (Wildman–Crippen MR) is 175 cm³/mol. The molecule has 0 saturated carbocycles. The maximum atomic E-state index is 13.1. The lowest BCUT2D eigenvalue weighted by Crippen LogP contribution is -2.35. The first kappa shape index (κ1) is 29.3. The molecule has 0 N–H and O–H groups in total. The number of nitrogens with zero attached hydrogens (tertiary/aromatic N) is 5. The van der Waals surface area contributed by atoms with Gasteiger partial charge in [0.1, 0.15) is 21.5 Å². The average Bonchev–Trinajstić information content (AvgIpc) is 3.68. The van der Waals surface area contributed by atoms with E-state index in [-0.39, 0.29) is 11.8 Å². The second kappa shape index (κ2) is 13.3. The van der Waals surface area contributed by atoms with Crippen molar-refractivity contribution < 1.29 is 14.3 Å². The Morgan fingerprint density at radius 3 is 2.47 bits per heavy atom. The van der Waals surface area contributed by atoms with Gasteiger partial charge in [-0.1, -0.05) is 59.9 Å². The molecule has 4 heterocycles. The van der Waals surface area contributed by atoms with Crippen molar-refractivity contribution in [2.75, 3.05) is 32.8 Å². The van der Waals surface area contributed by atoms with E-state index >= 15 is 0 Å². The summed E-state index contributed by atoms with van der Waals surface area (Å²) in [5.74, 6) is 1.77. The summed E-state index contributed by atoms with van der Waals surface area (Å²) in [6.07, 6.45) is 0.519. The van der Waals surface area contributed by atoms with E-state index in [4.69, 9.17) is 14.5 Å². The Hall–Kier alpha value is -4.44. The minimum Gasteiger partial charge on any atom is -0.457 e. The van der Waals surface area contributed by atoms with Gasteiger partial charge in [-0.05, 0) is 55.0 Å². The molecule has 9 heteroatoms. The highest BCUT2D eigenvalue weighted by Crippen LogP contribution is 2.35. The van der Waals surface area contributed by atoms with Gasteiger partial charge in [-0.25, -0.2) is 0 Å². The highest BCUT2D eigenvalue weighted by atomic mass is 32.1. The van der Waals surface area contributed by atoms with Gasteiger partial charge in [0, 0.05) is 61.8 Å². The first-order chi connectivity index (χ1) is 22.1. The molecule has 1 amide bonds. The average molecular weight is 618 g/mol. The normalized spacial score (nSPS) is 17.1. The molecule has 0 bridgehead atoms. The van der Waals surface area contributed by atoms with E-state index in [2.05, 4.69) is 51.5 Å². The van der Waals surface area contributed by atoms with E-state index in [1.54, 1.807) is 11.3 Å². The number of aryl methyl sites for hydroxylation is 1. The molecule has 2 aliphatic heterocycles. The Morgan fingerprint density at radius 1 is 0.889 bits per heavy atom. The summed E-state index contributed by atoms with van der Waals surface area (Å²) in [6.45, 7) is 7.25. The van der Waals surface area contributed by atoms with Crippen molar-refractivity contribution in [1.29, 1.82) is 0 Å². The first-order valence-electron chi connectivity index (χ1n) is 15.4. The molecule has 8 nitrogen and oxygen atoms in total. The maximum Gasteiger partial charge on any atom is 0.223 e. The second-order valence-electron chi connectivity index (χ2n) is 11.6. The molecule has 228 valence electrons. The summed E-state index contributed by atoms with van der Waals surface area (Å²) in [6, 6.07) is 30.6. The van der Waals surface area contributed by atoms with Gasteiger partial charge in [0.05, 0.1) is 24.6 Å². The molecule has 2 aromatic heterocycles. The van der Waals surface area contributed by atoms with Crippen LogP contribution in [0, 0.1) is 6.92 Å². The van der Waals surface area contributed by atoms with Gasteiger partial charge in [-0.15, -0.1) is 10.2 Å². The van der Waals surface area contributed by atoms with Crippen LogP contribution < -0.4 is 4.74 Å². The summed E-state index contributed by atoms with van der Waals surface area (Å²) in [5.41, 5.74) is 6.04. The van der Waals surface area contributed by atoms with Gasteiger partial charge in [0.15, 0.2) is 0 Å². The number of aromatic nitrogens is 3. The summed E-state index contributed by atoms with van der Waals surface area (Å²) in [4.78, 5) is 22.5. The fourth-order valence-corrected chi connectivity index (χ4v) is 6.64. The number of benzene rings is 3. The van der Waals surface area contributed by atoms with Crippen LogP contribution in [0.15, 0.2) is 91.0 Å². The van der Waals surface area contributed by atoms with Gasteiger partial charge < -0.3 is 14.4 Å². The molecular formula is C36H35N5O3S. The van der Waals surface area contributed by atoms with Crippen LogP contribution in [0.2, 0.25) is 0 Å². The van der Waals surface area contributed by atoms with Crippen LogP contribution in [0.1, 0.15) is 34.2 Å². The third kappa shape index (κ3) is 6.96. The number of pyridine rings is 1. The van der Waals surface area contributed by atoms with Gasteiger partial charge in [0.2, 0.25) is 5.91 Å². The van der Waals surface area contributed by atoms with E-state index in [0.29, 0.717) is 31.0 Å². The maximum absolute atomic E-state index is 13.1. The monoisotopic (exact) mass is 617 g/mol.